The highest BCUT2D eigenvalue weighted by Gasteiger charge is 2.16. The van der Waals surface area contributed by atoms with Gasteiger partial charge in [-0.3, -0.25) is 0 Å². The van der Waals surface area contributed by atoms with Gasteiger partial charge in [-0.25, -0.2) is 15.0 Å². The van der Waals surface area contributed by atoms with Gasteiger partial charge in [-0.05, 0) is 17.7 Å². The quantitative estimate of drug-likeness (QED) is 0.645. The molecule has 0 N–H and O–H groups in total. The van der Waals surface area contributed by atoms with E-state index in [0.29, 0.717) is 22.2 Å². The molecule has 0 amide bonds. The zero-order valence-electron chi connectivity index (χ0n) is 10.9. The van der Waals surface area contributed by atoms with Crippen molar-refractivity contribution in [1.29, 1.82) is 0 Å². The Morgan fingerprint density at radius 3 is 2.33 bits per heavy atom. The Morgan fingerprint density at radius 2 is 1.76 bits per heavy atom. The third kappa shape index (κ3) is 2.75. The molecule has 3 rings (SSSR count). The zero-order valence-corrected chi connectivity index (χ0v) is 13.2. The zero-order chi connectivity index (χ0) is 15.0. The highest BCUT2D eigenvalue weighted by molar-refractivity contribution is 6.38. The van der Waals surface area contributed by atoms with Crippen LogP contribution in [0.15, 0.2) is 36.7 Å². The number of rotatable bonds is 2. The van der Waals surface area contributed by atoms with Gasteiger partial charge in [0.1, 0.15) is 10.3 Å². The molecule has 2 heterocycles. The number of imidazole rings is 1. The van der Waals surface area contributed by atoms with E-state index in [9.17, 15) is 0 Å². The first-order chi connectivity index (χ1) is 10.1. The van der Waals surface area contributed by atoms with E-state index in [1.807, 2.05) is 19.2 Å². The molecular formula is C14H9Cl3N4. The van der Waals surface area contributed by atoms with E-state index >= 15 is 0 Å². The van der Waals surface area contributed by atoms with Gasteiger partial charge in [0.25, 0.3) is 0 Å². The van der Waals surface area contributed by atoms with Gasteiger partial charge in [-0.1, -0.05) is 46.9 Å². The fraction of sp³-hybridized carbons (Fsp3) is 0.0714. The highest BCUT2D eigenvalue weighted by atomic mass is 35.5. The summed E-state index contributed by atoms with van der Waals surface area (Å²) in [5.74, 6) is 0.972. The van der Waals surface area contributed by atoms with Crippen LogP contribution in [0.2, 0.25) is 15.3 Å². The average molecular weight is 340 g/mol. The lowest BCUT2D eigenvalue weighted by Crippen LogP contribution is -1.99. The topological polar surface area (TPSA) is 43.6 Å². The summed E-state index contributed by atoms with van der Waals surface area (Å²) in [6.45, 7) is 0. The van der Waals surface area contributed by atoms with Gasteiger partial charge in [-0.15, -0.1) is 0 Å². The van der Waals surface area contributed by atoms with Crippen molar-refractivity contribution in [3.05, 3.63) is 52.0 Å². The number of aromatic nitrogens is 4. The number of halogens is 3. The van der Waals surface area contributed by atoms with E-state index in [0.717, 1.165) is 5.56 Å². The first-order valence-corrected chi connectivity index (χ1v) is 7.16. The Labute approximate surface area is 136 Å². The molecule has 0 bridgehead atoms. The molecule has 21 heavy (non-hydrogen) atoms. The van der Waals surface area contributed by atoms with Gasteiger partial charge < -0.3 is 4.57 Å². The fourth-order valence-electron chi connectivity index (χ4n) is 1.97. The van der Waals surface area contributed by atoms with Crippen molar-refractivity contribution in [2.24, 2.45) is 7.05 Å². The summed E-state index contributed by atoms with van der Waals surface area (Å²) in [6, 6.07) is 7.20. The molecule has 0 spiro atoms. The summed E-state index contributed by atoms with van der Waals surface area (Å²) >= 11 is 18.5. The Balaban J connectivity index is 2.15. The molecule has 0 aliphatic rings. The molecule has 1 aromatic carbocycles. The van der Waals surface area contributed by atoms with Crippen molar-refractivity contribution in [2.45, 2.75) is 0 Å². The lowest BCUT2D eigenvalue weighted by molar-refractivity contribution is 0.906. The molecule has 7 heteroatoms. The van der Waals surface area contributed by atoms with Crippen LogP contribution in [-0.2, 0) is 7.05 Å². The van der Waals surface area contributed by atoms with E-state index in [1.165, 1.54) is 0 Å². The minimum Gasteiger partial charge on any atom is -0.331 e. The summed E-state index contributed by atoms with van der Waals surface area (Å²) < 4.78 is 1.79. The summed E-state index contributed by atoms with van der Waals surface area (Å²) in [6.07, 6.45) is 3.46. The van der Waals surface area contributed by atoms with E-state index in [-0.39, 0.29) is 10.3 Å². The minimum atomic E-state index is 0.260. The average Bonchev–Trinajstić information content (AvgIpc) is 2.84. The molecule has 0 saturated heterocycles. The van der Waals surface area contributed by atoms with Gasteiger partial charge in [-0.2, -0.15) is 0 Å². The van der Waals surface area contributed by atoms with E-state index in [2.05, 4.69) is 15.0 Å². The van der Waals surface area contributed by atoms with Crippen molar-refractivity contribution in [3.8, 4) is 22.8 Å². The van der Waals surface area contributed by atoms with E-state index < -0.39 is 0 Å². The molecule has 0 fully saturated rings. The number of aryl methyl sites for hydroxylation is 1. The molecule has 0 unspecified atom stereocenters. The van der Waals surface area contributed by atoms with E-state index in [1.54, 1.807) is 29.1 Å². The second-order valence-electron chi connectivity index (χ2n) is 4.38. The van der Waals surface area contributed by atoms with Crippen LogP contribution in [0.25, 0.3) is 22.8 Å². The van der Waals surface area contributed by atoms with Crippen molar-refractivity contribution >= 4 is 34.8 Å². The van der Waals surface area contributed by atoms with Crippen LogP contribution >= 0.6 is 34.8 Å². The summed E-state index contributed by atoms with van der Waals surface area (Å²) in [7, 11) is 1.85. The van der Waals surface area contributed by atoms with Crippen LogP contribution in [0.5, 0.6) is 0 Å². The largest absolute Gasteiger partial charge is 0.331 e. The highest BCUT2D eigenvalue weighted by Crippen LogP contribution is 2.34. The predicted octanol–water partition coefficient (Wildman–Crippen LogP) is 4.50. The molecule has 106 valence electrons. The third-order valence-electron chi connectivity index (χ3n) is 2.96. The maximum absolute atomic E-state index is 6.28. The van der Waals surface area contributed by atoms with E-state index in [4.69, 9.17) is 34.8 Å². The van der Waals surface area contributed by atoms with Crippen molar-refractivity contribution in [2.75, 3.05) is 0 Å². The van der Waals surface area contributed by atoms with Gasteiger partial charge >= 0.3 is 0 Å². The second-order valence-corrected chi connectivity index (χ2v) is 5.53. The van der Waals surface area contributed by atoms with Crippen LogP contribution in [0.3, 0.4) is 0 Å². The van der Waals surface area contributed by atoms with Crippen LogP contribution in [0.1, 0.15) is 0 Å². The number of benzene rings is 1. The minimum absolute atomic E-state index is 0.260. The Bertz CT molecular complexity index is 790. The van der Waals surface area contributed by atoms with Crippen LogP contribution < -0.4 is 0 Å². The molecule has 0 saturated carbocycles. The SMILES string of the molecule is Cn1ccnc1-c1nc(Cl)c(-c2cccc(Cl)c2)c(Cl)n1. The molecule has 3 aromatic rings. The maximum Gasteiger partial charge on any atom is 0.198 e. The maximum atomic E-state index is 6.28. The van der Waals surface area contributed by atoms with Gasteiger partial charge in [0.2, 0.25) is 0 Å². The molecule has 0 atom stereocenters. The smallest absolute Gasteiger partial charge is 0.198 e. The van der Waals surface area contributed by atoms with Gasteiger partial charge in [0, 0.05) is 24.5 Å². The monoisotopic (exact) mass is 338 g/mol. The molecule has 2 aromatic heterocycles. The number of hydrogen-bond acceptors (Lipinski definition) is 3. The van der Waals surface area contributed by atoms with Crippen molar-refractivity contribution in [3.63, 3.8) is 0 Å². The lowest BCUT2D eigenvalue weighted by Gasteiger charge is -2.08. The first kappa shape index (κ1) is 14.3. The molecule has 4 nitrogen and oxygen atoms in total. The van der Waals surface area contributed by atoms with Gasteiger partial charge in [0.05, 0.1) is 5.56 Å². The Morgan fingerprint density at radius 1 is 1.05 bits per heavy atom. The molecule has 0 radical (unpaired) electrons. The summed E-state index contributed by atoms with van der Waals surface area (Å²) in [5.41, 5.74) is 1.32. The second kappa shape index (κ2) is 5.64. The van der Waals surface area contributed by atoms with Crippen molar-refractivity contribution in [1.82, 2.24) is 19.5 Å². The van der Waals surface area contributed by atoms with Crippen LogP contribution in [0.4, 0.5) is 0 Å². The molecular weight excluding hydrogens is 331 g/mol. The van der Waals surface area contributed by atoms with Crippen LogP contribution in [0, 0.1) is 0 Å². The Hall–Kier alpha value is -1.62. The molecule has 0 aliphatic carbocycles. The van der Waals surface area contributed by atoms with Crippen LogP contribution in [-0.4, -0.2) is 19.5 Å². The molecule has 0 aliphatic heterocycles. The summed E-state index contributed by atoms with van der Waals surface area (Å²) in [4.78, 5) is 12.8. The van der Waals surface area contributed by atoms with Crippen molar-refractivity contribution < 1.29 is 0 Å². The normalized spacial score (nSPS) is 10.9. The standard InChI is InChI=1S/C14H9Cl3N4/c1-21-6-5-18-14(21)13-19-11(16)10(12(17)20-13)8-3-2-4-9(15)7-8/h2-7H,1H3. The number of nitrogens with zero attached hydrogens (tertiary/aromatic N) is 4. The summed E-state index contributed by atoms with van der Waals surface area (Å²) in [5, 5.41) is 1.11. The van der Waals surface area contributed by atoms with Gasteiger partial charge in [0.15, 0.2) is 11.6 Å². The lowest BCUT2D eigenvalue weighted by atomic mass is 10.1. The first-order valence-electron chi connectivity index (χ1n) is 6.03. The predicted molar refractivity (Wildman–Crippen MR) is 84.7 cm³/mol. The number of hydrogen-bond donors (Lipinski definition) is 0. The Kier molecular flexibility index (Phi) is 3.85. The fourth-order valence-corrected chi connectivity index (χ4v) is 2.77. The third-order valence-corrected chi connectivity index (χ3v) is 3.74.